The zero-order valence-corrected chi connectivity index (χ0v) is 10.7. The fraction of sp³-hybridized carbons (Fsp3) is 0.429. The molecule has 0 aromatic heterocycles. The van der Waals surface area contributed by atoms with E-state index in [2.05, 4.69) is 10.6 Å². The average Bonchev–Trinajstić information content (AvgIpc) is 2.63. The molecule has 0 radical (unpaired) electrons. The third-order valence-electron chi connectivity index (χ3n) is 3.04. The molecule has 19 heavy (non-hydrogen) atoms. The Morgan fingerprint density at radius 3 is 2.89 bits per heavy atom. The number of alkyl carbamates (subject to hydrolysis) is 1. The molecule has 1 aromatic rings. The third-order valence-corrected chi connectivity index (χ3v) is 3.04. The first kappa shape index (κ1) is 13.4. The van der Waals surface area contributed by atoms with Gasteiger partial charge in [-0.15, -0.1) is 0 Å². The van der Waals surface area contributed by atoms with Gasteiger partial charge < -0.3 is 15.4 Å². The van der Waals surface area contributed by atoms with Gasteiger partial charge in [0.05, 0.1) is 0 Å². The third kappa shape index (κ3) is 4.28. The minimum Gasteiger partial charge on any atom is -0.445 e. The first-order chi connectivity index (χ1) is 9.25. The van der Waals surface area contributed by atoms with Crippen molar-refractivity contribution in [2.24, 2.45) is 0 Å². The largest absolute Gasteiger partial charge is 0.445 e. The Kier molecular flexibility index (Phi) is 4.78. The minimum atomic E-state index is -0.550. The van der Waals surface area contributed by atoms with Crippen LogP contribution < -0.4 is 10.6 Å². The lowest BCUT2D eigenvalue weighted by atomic mass is 10.1. The summed E-state index contributed by atoms with van der Waals surface area (Å²) in [5, 5.41) is 5.37. The number of rotatable bonds is 3. The lowest BCUT2D eigenvalue weighted by molar-refractivity contribution is -0.122. The smallest absolute Gasteiger partial charge is 0.408 e. The van der Waals surface area contributed by atoms with Gasteiger partial charge in [-0.25, -0.2) is 4.79 Å². The zero-order chi connectivity index (χ0) is 13.5. The molecule has 0 aliphatic carbocycles. The van der Waals surface area contributed by atoms with Gasteiger partial charge in [-0.05, 0) is 24.8 Å². The predicted octanol–water partition coefficient (Wildman–Crippen LogP) is 1.58. The van der Waals surface area contributed by atoms with E-state index in [4.69, 9.17) is 4.74 Å². The summed E-state index contributed by atoms with van der Waals surface area (Å²) in [4.78, 5) is 23.3. The summed E-state index contributed by atoms with van der Waals surface area (Å²) in [5.41, 5.74) is 0.919. The SMILES string of the molecule is O=C(N[C@@H]1CCCCNC1=O)OCc1ccccc1. The fourth-order valence-electron chi connectivity index (χ4n) is 1.98. The van der Waals surface area contributed by atoms with Crippen molar-refractivity contribution in [2.45, 2.75) is 31.9 Å². The Labute approximate surface area is 112 Å². The molecule has 1 saturated heterocycles. The van der Waals surface area contributed by atoms with Gasteiger partial charge in [0.15, 0.2) is 0 Å². The lowest BCUT2D eigenvalue weighted by Gasteiger charge is -2.15. The second kappa shape index (κ2) is 6.78. The Hall–Kier alpha value is -2.04. The van der Waals surface area contributed by atoms with Crippen molar-refractivity contribution in [1.82, 2.24) is 10.6 Å². The van der Waals surface area contributed by atoms with E-state index >= 15 is 0 Å². The summed E-state index contributed by atoms with van der Waals surface area (Å²) in [6, 6.07) is 8.95. The molecule has 1 aliphatic heterocycles. The summed E-state index contributed by atoms with van der Waals surface area (Å²) >= 11 is 0. The monoisotopic (exact) mass is 262 g/mol. The molecule has 2 rings (SSSR count). The van der Waals surface area contributed by atoms with E-state index in [1.165, 1.54) is 0 Å². The van der Waals surface area contributed by atoms with Crippen LogP contribution in [0.4, 0.5) is 4.79 Å². The molecule has 5 nitrogen and oxygen atoms in total. The molecule has 0 saturated carbocycles. The molecular formula is C14H18N2O3. The number of amides is 2. The van der Waals surface area contributed by atoms with Crippen LogP contribution >= 0.6 is 0 Å². The molecular weight excluding hydrogens is 244 g/mol. The molecule has 0 bridgehead atoms. The lowest BCUT2D eigenvalue weighted by Crippen LogP contribution is -2.45. The van der Waals surface area contributed by atoms with Crippen LogP contribution in [0, 0.1) is 0 Å². The van der Waals surface area contributed by atoms with Crippen molar-refractivity contribution < 1.29 is 14.3 Å². The maximum atomic E-state index is 11.6. The van der Waals surface area contributed by atoms with Crippen LogP contribution in [0.15, 0.2) is 30.3 Å². The van der Waals surface area contributed by atoms with Gasteiger partial charge >= 0.3 is 6.09 Å². The highest BCUT2D eigenvalue weighted by molar-refractivity contribution is 5.85. The van der Waals surface area contributed by atoms with E-state index < -0.39 is 12.1 Å². The summed E-state index contributed by atoms with van der Waals surface area (Å²) in [6.07, 6.45) is 1.98. The van der Waals surface area contributed by atoms with Crippen molar-refractivity contribution in [1.29, 1.82) is 0 Å². The Balaban J connectivity index is 1.79. The van der Waals surface area contributed by atoms with Crippen molar-refractivity contribution in [3.05, 3.63) is 35.9 Å². The fourth-order valence-corrected chi connectivity index (χ4v) is 1.98. The van der Waals surface area contributed by atoms with Crippen LogP contribution in [0.5, 0.6) is 0 Å². The molecule has 1 fully saturated rings. The molecule has 2 amide bonds. The van der Waals surface area contributed by atoms with E-state index in [1.807, 2.05) is 30.3 Å². The highest BCUT2D eigenvalue weighted by Gasteiger charge is 2.22. The predicted molar refractivity (Wildman–Crippen MR) is 70.4 cm³/mol. The van der Waals surface area contributed by atoms with Crippen LogP contribution in [-0.2, 0) is 16.1 Å². The van der Waals surface area contributed by atoms with E-state index in [-0.39, 0.29) is 12.5 Å². The molecule has 102 valence electrons. The Morgan fingerprint density at radius 2 is 2.11 bits per heavy atom. The number of carbonyl (C=O) groups excluding carboxylic acids is 2. The normalized spacial score (nSPS) is 19.2. The number of hydrogen-bond acceptors (Lipinski definition) is 3. The van der Waals surface area contributed by atoms with Crippen LogP contribution in [0.25, 0.3) is 0 Å². The van der Waals surface area contributed by atoms with Crippen LogP contribution in [0.2, 0.25) is 0 Å². The maximum Gasteiger partial charge on any atom is 0.408 e. The van der Waals surface area contributed by atoms with Gasteiger partial charge in [0.1, 0.15) is 12.6 Å². The van der Waals surface area contributed by atoms with Crippen molar-refractivity contribution in [2.75, 3.05) is 6.54 Å². The standard InChI is InChI=1S/C14H18N2O3/c17-13-12(8-4-5-9-15-13)16-14(18)19-10-11-6-2-1-3-7-11/h1-3,6-7,12H,4-5,8-10H2,(H,15,17)(H,16,18)/t12-/m1/s1. The van der Waals surface area contributed by atoms with Crippen LogP contribution in [0.3, 0.4) is 0 Å². The molecule has 1 aliphatic rings. The zero-order valence-electron chi connectivity index (χ0n) is 10.7. The van der Waals surface area contributed by atoms with Crippen LogP contribution in [-0.4, -0.2) is 24.6 Å². The maximum absolute atomic E-state index is 11.6. The van der Waals surface area contributed by atoms with E-state index in [1.54, 1.807) is 0 Å². The summed E-state index contributed by atoms with van der Waals surface area (Å²) < 4.78 is 5.09. The molecule has 1 atom stereocenters. The van der Waals surface area contributed by atoms with Gasteiger partial charge in [0.2, 0.25) is 5.91 Å². The number of hydrogen-bond donors (Lipinski definition) is 2. The van der Waals surface area contributed by atoms with Crippen LogP contribution in [0.1, 0.15) is 24.8 Å². The van der Waals surface area contributed by atoms with Gasteiger partial charge in [-0.2, -0.15) is 0 Å². The van der Waals surface area contributed by atoms with Crippen molar-refractivity contribution >= 4 is 12.0 Å². The highest BCUT2D eigenvalue weighted by Crippen LogP contribution is 2.06. The summed E-state index contributed by atoms with van der Waals surface area (Å²) in [5.74, 6) is -0.130. The van der Waals surface area contributed by atoms with Gasteiger partial charge in [0, 0.05) is 6.54 Å². The van der Waals surface area contributed by atoms with Gasteiger partial charge in [0.25, 0.3) is 0 Å². The van der Waals surface area contributed by atoms with Crippen molar-refractivity contribution in [3.8, 4) is 0 Å². The molecule has 0 unspecified atom stereocenters. The number of nitrogens with one attached hydrogen (secondary N) is 2. The quantitative estimate of drug-likeness (QED) is 0.869. The first-order valence-electron chi connectivity index (χ1n) is 6.50. The number of ether oxygens (including phenoxy) is 1. The van der Waals surface area contributed by atoms with Gasteiger partial charge in [-0.3, -0.25) is 4.79 Å². The second-order valence-corrected chi connectivity index (χ2v) is 4.55. The number of carbonyl (C=O) groups is 2. The molecule has 1 aromatic carbocycles. The van der Waals surface area contributed by atoms with Gasteiger partial charge in [-0.1, -0.05) is 30.3 Å². The number of benzene rings is 1. The summed E-state index contributed by atoms with van der Waals surface area (Å²) in [6.45, 7) is 0.886. The van der Waals surface area contributed by atoms with E-state index in [0.717, 1.165) is 18.4 Å². The second-order valence-electron chi connectivity index (χ2n) is 4.55. The molecule has 1 heterocycles. The topological polar surface area (TPSA) is 67.4 Å². The molecule has 5 heteroatoms. The molecule has 0 spiro atoms. The van der Waals surface area contributed by atoms with E-state index in [9.17, 15) is 9.59 Å². The average molecular weight is 262 g/mol. The Bertz CT molecular complexity index is 434. The first-order valence-corrected chi connectivity index (χ1v) is 6.50. The Morgan fingerprint density at radius 1 is 1.32 bits per heavy atom. The summed E-state index contributed by atoms with van der Waals surface area (Å²) in [7, 11) is 0. The molecule has 2 N–H and O–H groups in total. The highest BCUT2D eigenvalue weighted by atomic mass is 16.5. The van der Waals surface area contributed by atoms with Crippen molar-refractivity contribution in [3.63, 3.8) is 0 Å². The van der Waals surface area contributed by atoms with E-state index in [0.29, 0.717) is 13.0 Å². The minimum absolute atomic E-state index is 0.130.